The van der Waals surface area contributed by atoms with E-state index in [2.05, 4.69) is 28.7 Å². The fourth-order valence-electron chi connectivity index (χ4n) is 4.01. The van der Waals surface area contributed by atoms with Crippen LogP contribution < -0.4 is 10.6 Å². The van der Waals surface area contributed by atoms with Crippen molar-refractivity contribution < 1.29 is 9.18 Å². The number of likely N-dealkylation sites (N-methyl/N-ethyl adjacent to an activating group) is 1. The van der Waals surface area contributed by atoms with E-state index in [0.717, 1.165) is 53.8 Å². The number of carbonyl (C=O) groups excluding carboxylic acids is 1. The van der Waals surface area contributed by atoms with Gasteiger partial charge in [-0.05, 0) is 74.1 Å². The Labute approximate surface area is 172 Å². The second-order valence-electron chi connectivity index (χ2n) is 7.89. The van der Waals surface area contributed by atoms with Crippen molar-refractivity contribution >= 4 is 5.91 Å². The van der Waals surface area contributed by atoms with Gasteiger partial charge in [0.15, 0.2) is 0 Å². The quantitative estimate of drug-likeness (QED) is 0.807. The van der Waals surface area contributed by atoms with Crippen LogP contribution in [0.5, 0.6) is 0 Å². The molecular weight excluding hydrogens is 365 g/mol. The van der Waals surface area contributed by atoms with Crippen molar-refractivity contribution in [1.29, 1.82) is 0 Å². The molecule has 1 unspecified atom stereocenters. The summed E-state index contributed by atoms with van der Waals surface area (Å²) in [5, 5.41) is 6.32. The molecule has 1 aromatic carbocycles. The highest BCUT2D eigenvalue weighted by Gasteiger charge is 2.29. The van der Waals surface area contributed by atoms with E-state index in [1.165, 1.54) is 6.07 Å². The van der Waals surface area contributed by atoms with Crippen molar-refractivity contribution in [3.63, 3.8) is 0 Å². The van der Waals surface area contributed by atoms with E-state index in [4.69, 9.17) is 0 Å². The number of nitrogens with zero attached hydrogens (tertiary/aromatic N) is 1. The first-order chi connectivity index (χ1) is 13.8. The second kappa shape index (κ2) is 8.78. The largest absolute Gasteiger partial charge is 0.348 e. The Kier molecular flexibility index (Phi) is 6.38. The van der Waals surface area contributed by atoms with Crippen LogP contribution in [-0.2, 0) is 11.3 Å². The molecule has 1 amide bonds. The molecule has 0 spiro atoms. The lowest BCUT2D eigenvalue weighted by molar-refractivity contribution is -0.117. The van der Waals surface area contributed by atoms with Gasteiger partial charge < -0.3 is 15.5 Å². The van der Waals surface area contributed by atoms with E-state index in [-0.39, 0.29) is 11.7 Å². The molecule has 4 nitrogen and oxygen atoms in total. The second-order valence-corrected chi connectivity index (χ2v) is 7.89. The molecular formula is C24H30FN3O. The Morgan fingerprint density at radius 1 is 1.31 bits per heavy atom. The first kappa shape index (κ1) is 21.1. The lowest BCUT2D eigenvalue weighted by Crippen LogP contribution is -2.41. The fraction of sp³-hybridized carbons (Fsp3) is 0.375. The number of allylic oxidation sites excluding steroid dienone is 2. The lowest BCUT2D eigenvalue weighted by Gasteiger charge is -2.37. The molecule has 1 aromatic rings. The van der Waals surface area contributed by atoms with Crippen molar-refractivity contribution in [3.8, 4) is 0 Å². The van der Waals surface area contributed by atoms with Crippen LogP contribution in [0, 0.1) is 12.7 Å². The molecule has 0 radical (unpaired) electrons. The maximum absolute atomic E-state index is 13.5. The third-order valence-electron chi connectivity index (χ3n) is 5.82. The summed E-state index contributed by atoms with van der Waals surface area (Å²) in [6.45, 7) is 13.3. The van der Waals surface area contributed by atoms with E-state index in [1.807, 2.05) is 20.2 Å². The molecule has 1 atom stereocenters. The molecule has 1 fully saturated rings. The van der Waals surface area contributed by atoms with E-state index in [0.29, 0.717) is 23.7 Å². The molecule has 2 N–H and O–H groups in total. The number of hydrogen-bond acceptors (Lipinski definition) is 3. The van der Waals surface area contributed by atoms with Crippen LogP contribution >= 0.6 is 0 Å². The number of carbonyl (C=O) groups is 1. The molecule has 2 heterocycles. The minimum atomic E-state index is -0.242. The number of amides is 1. The summed E-state index contributed by atoms with van der Waals surface area (Å²) in [7, 11) is 1.97. The molecule has 154 valence electrons. The van der Waals surface area contributed by atoms with Crippen LogP contribution in [0.1, 0.15) is 37.3 Å². The Morgan fingerprint density at radius 2 is 2.07 bits per heavy atom. The molecule has 0 aromatic heterocycles. The Bertz CT molecular complexity index is 913. The molecule has 29 heavy (non-hydrogen) atoms. The van der Waals surface area contributed by atoms with Crippen LogP contribution in [0.15, 0.2) is 65.5 Å². The monoisotopic (exact) mass is 395 g/mol. The minimum absolute atomic E-state index is 0.177. The van der Waals surface area contributed by atoms with Gasteiger partial charge in [-0.25, -0.2) is 4.39 Å². The first-order valence-electron chi connectivity index (χ1n) is 10.1. The van der Waals surface area contributed by atoms with E-state index < -0.39 is 0 Å². The predicted molar refractivity (Wildman–Crippen MR) is 115 cm³/mol. The molecule has 0 bridgehead atoms. The first-order valence-corrected chi connectivity index (χ1v) is 10.1. The van der Waals surface area contributed by atoms with Gasteiger partial charge in [0.2, 0.25) is 0 Å². The van der Waals surface area contributed by atoms with E-state index >= 15 is 0 Å². The van der Waals surface area contributed by atoms with Gasteiger partial charge in [-0.3, -0.25) is 4.79 Å². The summed E-state index contributed by atoms with van der Waals surface area (Å²) in [5.41, 5.74) is 5.90. The smallest absolute Gasteiger partial charge is 0.253 e. The Balaban J connectivity index is 1.81. The molecule has 2 aliphatic heterocycles. The summed E-state index contributed by atoms with van der Waals surface area (Å²) in [4.78, 5) is 15.1. The predicted octanol–water partition coefficient (Wildman–Crippen LogP) is 4.11. The highest BCUT2D eigenvalue weighted by molar-refractivity contribution is 5.99. The topological polar surface area (TPSA) is 44.4 Å². The SMILES string of the molecule is C=C1CCCC(NC)CN2C=C(C(=O)NCc3ccc(F)c(C)c3)C(=C)C(C)=C12. The summed E-state index contributed by atoms with van der Waals surface area (Å²) < 4.78 is 13.5. The molecule has 3 rings (SSSR count). The van der Waals surface area contributed by atoms with Gasteiger partial charge in [0.25, 0.3) is 5.91 Å². The van der Waals surface area contributed by atoms with Crippen molar-refractivity contribution in [2.24, 2.45) is 0 Å². The highest BCUT2D eigenvalue weighted by atomic mass is 19.1. The van der Waals surface area contributed by atoms with Gasteiger partial charge >= 0.3 is 0 Å². The zero-order chi connectivity index (χ0) is 21.1. The highest BCUT2D eigenvalue weighted by Crippen LogP contribution is 2.35. The third kappa shape index (κ3) is 4.51. The normalized spacial score (nSPS) is 20.1. The Morgan fingerprint density at radius 3 is 2.76 bits per heavy atom. The zero-order valence-corrected chi connectivity index (χ0v) is 17.6. The van der Waals surface area contributed by atoms with E-state index in [9.17, 15) is 9.18 Å². The number of halogens is 1. The van der Waals surface area contributed by atoms with Gasteiger partial charge in [0, 0.05) is 31.0 Å². The maximum Gasteiger partial charge on any atom is 0.253 e. The summed E-state index contributed by atoms with van der Waals surface area (Å²) in [5.74, 6) is -0.419. The maximum atomic E-state index is 13.5. The van der Waals surface area contributed by atoms with Gasteiger partial charge in [0.05, 0.1) is 5.57 Å². The molecule has 5 heteroatoms. The average molecular weight is 396 g/mol. The van der Waals surface area contributed by atoms with Crippen molar-refractivity contribution in [3.05, 3.63) is 82.5 Å². The van der Waals surface area contributed by atoms with Crippen LogP contribution in [0.2, 0.25) is 0 Å². The average Bonchev–Trinajstić information content (AvgIpc) is 2.68. The van der Waals surface area contributed by atoms with Crippen molar-refractivity contribution in [1.82, 2.24) is 15.5 Å². The number of fused-ring (bicyclic) bond motifs is 1. The number of hydrogen-bond donors (Lipinski definition) is 2. The lowest BCUT2D eigenvalue weighted by atomic mass is 9.89. The van der Waals surface area contributed by atoms with Gasteiger partial charge in [0.1, 0.15) is 5.82 Å². The number of rotatable bonds is 4. The molecule has 0 saturated carbocycles. The minimum Gasteiger partial charge on any atom is -0.348 e. The standard InChI is InChI=1S/C24H30FN3O/c1-15-7-6-8-20(26-5)13-28-14-21(17(3)18(4)23(15)28)24(29)27-12-19-9-10-22(25)16(2)11-19/h9-11,14,20,26H,1,3,6-8,12-13H2,2,4-5H3,(H,27,29). The summed E-state index contributed by atoms with van der Waals surface area (Å²) in [6.07, 6.45) is 5.00. The third-order valence-corrected chi connectivity index (χ3v) is 5.82. The number of nitrogens with one attached hydrogen (secondary N) is 2. The van der Waals surface area contributed by atoms with Crippen LogP contribution in [0.3, 0.4) is 0 Å². The van der Waals surface area contributed by atoms with Crippen LogP contribution in [0.4, 0.5) is 4.39 Å². The van der Waals surface area contributed by atoms with Crippen LogP contribution in [-0.4, -0.2) is 30.4 Å². The molecule has 2 aliphatic rings. The van der Waals surface area contributed by atoms with Crippen molar-refractivity contribution in [2.75, 3.05) is 13.6 Å². The Hall–Kier alpha value is -2.66. The summed E-state index contributed by atoms with van der Waals surface area (Å²) in [6, 6.07) is 5.22. The molecule has 0 aliphatic carbocycles. The van der Waals surface area contributed by atoms with Gasteiger partial charge in [-0.1, -0.05) is 25.3 Å². The number of aryl methyl sites for hydroxylation is 1. The van der Waals surface area contributed by atoms with Crippen molar-refractivity contribution in [2.45, 2.75) is 45.7 Å². The zero-order valence-electron chi connectivity index (χ0n) is 17.6. The molecule has 1 saturated heterocycles. The van der Waals surface area contributed by atoms with Gasteiger partial charge in [-0.2, -0.15) is 0 Å². The summed E-state index contributed by atoms with van der Waals surface area (Å²) >= 11 is 0. The van der Waals surface area contributed by atoms with Gasteiger partial charge in [-0.15, -0.1) is 0 Å². The number of benzene rings is 1. The fourth-order valence-corrected chi connectivity index (χ4v) is 4.01. The van der Waals surface area contributed by atoms with Crippen LogP contribution in [0.25, 0.3) is 0 Å². The van der Waals surface area contributed by atoms with E-state index in [1.54, 1.807) is 19.1 Å².